The Morgan fingerprint density at radius 2 is 1.88 bits per heavy atom. The van der Waals surface area contributed by atoms with Crippen LogP contribution >= 0.6 is 0 Å². The number of morpholine rings is 1. The van der Waals surface area contributed by atoms with E-state index in [-0.39, 0.29) is 23.9 Å². The van der Waals surface area contributed by atoms with Crippen molar-refractivity contribution in [3.63, 3.8) is 0 Å². The quantitative estimate of drug-likeness (QED) is 0.929. The van der Waals surface area contributed by atoms with Crippen LogP contribution in [-0.4, -0.2) is 35.1 Å². The Morgan fingerprint density at radius 1 is 1.12 bits per heavy atom. The predicted molar refractivity (Wildman–Crippen MR) is 95.5 cm³/mol. The van der Waals surface area contributed by atoms with Crippen LogP contribution in [0.3, 0.4) is 0 Å². The van der Waals surface area contributed by atoms with Gasteiger partial charge in [-0.15, -0.1) is 0 Å². The summed E-state index contributed by atoms with van der Waals surface area (Å²) in [5.41, 5.74) is 2.56. The topological polar surface area (TPSA) is 49.8 Å². The van der Waals surface area contributed by atoms with Crippen LogP contribution in [-0.2, 0) is 4.74 Å². The highest BCUT2D eigenvalue weighted by atomic mass is 16.5. The third-order valence-corrected chi connectivity index (χ3v) is 5.18. The SMILES string of the molecule is Cc1ccc(O)cc1C(=O)N1C[C@@H](c2ccccc2)O[C@@H](C2CC2)C1. The number of phenols is 1. The lowest BCUT2D eigenvalue weighted by Gasteiger charge is -2.39. The van der Waals surface area contributed by atoms with E-state index in [1.54, 1.807) is 18.2 Å². The van der Waals surface area contributed by atoms with Gasteiger partial charge in [0.1, 0.15) is 11.9 Å². The average molecular weight is 337 g/mol. The van der Waals surface area contributed by atoms with Crippen molar-refractivity contribution in [3.05, 3.63) is 65.2 Å². The maximum Gasteiger partial charge on any atom is 0.254 e. The fourth-order valence-electron chi connectivity index (χ4n) is 3.55. The normalized spacial score (nSPS) is 23.5. The Labute approximate surface area is 148 Å². The van der Waals surface area contributed by atoms with Crippen LogP contribution in [0.15, 0.2) is 48.5 Å². The second-order valence-corrected chi connectivity index (χ2v) is 7.12. The first-order valence-corrected chi connectivity index (χ1v) is 8.91. The van der Waals surface area contributed by atoms with Crippen LogP contribution in [0.25, 0.3) is 0 Å². The van der Waals surface area contributed by atoms with Crippen molar-refractivity contribution in [1.29, 1.82) is 0 Å². The van der Waals surface area contributed by atoms with Crippen LogP contribution in [0, 0.1) is 12.8 Å². The number of carbonyl (C=O) groups is 1. The number of benzene rings is 2. The summed E-state index contributed by atoms with van der Waals surface area (Å²) in [4.78, 5) is 15.0. The van der Waals surface area contributed by atoms with Crippen LogP contribution in [0.2, 0.25) is 0 Å². The van der Waals surface area contributed by atoms with Crippen molar-refractivity contribution in [3.8, 4) is 5.75 Å². The molecule has 0 spiro atoms. The van der Waals surface area contributed by atoms with Crippen LogP contribution in [0.4, 0.5) is 0 Å². The van der Waals surface area contributed by atoms with Gasteiger partial charge in [-0.2, -0.15) is 0 Å². The molecule has 2 aromatic carbocycles. The molecule has 2 aliphatic rings. The first-order chi connectivity index (χ1) is 12.1. The van der Waals surface area contributed by atoms with Crippen molar-refractivity contribution in [2.45, 2.75) is 32.0 Å². The van der Waals surface area contributed by atoms with Gasteiger partial charge in [-0.1, -0.05) is 36.4 Å². The average Bonchev–Trinajstić information content (AvgIpc) is 3.49. The van der Waals surface area contributed by atoms with Gasteiger partial charge in [-0.25, -0.2) is 0 Å². The number of hydrogen-bond acceptors (Lipinski definition) is 3. The standard InChI is InChI=1S/C21H23NO3/c1-14-7-10-17(23)11-18(14)21(24)22-12-19(15-5-3-2-4-6-15)25-20(13-22)16-8-9-16/h2-7,10-11,16,19-20,23H,8-9,12-13H2,1H3/t19-,20+/m0/s1. The minimum Gasteiger partial charge on any atom is -0.508 e. The number of nitrogens with zero attached hydrogens (tertiary/aromatic N) is 1. The first-order valence-electron chi connectivity index (χ1n) is 8.91. The zero-order valence-corrected chi connectivity index (χ0v) is 14.4. The largest absolute Gasteiger partial charge is 0.508 e. The van der Waals surface area contributed by atoms with Gasteiger partial charge in [0.25, 0.3) is 5.91 Å². The van der Waals surface area contributed by atoms with E-state index in [0.29, 0.717) is 24.6 Å². The zero-order chi connectivity index (χ0) is 17.4. The summed E-state index contributed by atoms with van der Waals surface area (Å²) < 4.78 is 6.32. The summed E-state index contributed by atoms with van der Waals surface area (Å²) in [5, 5.41) is 9.77. The zero-order valence-electron chi connectivity index (χ0n) is 14.4. The molecule has 1 saturated heterocycles. The van der Waals surface area contributed by atoms with E-state index < -0.39 is 0 Å². The molecule has 4 heteroatoms. The van der Waals surface area contributed by atoms with E-state index in [2.05, 4.69) is 12.1 Å². The summed E-state index contributed by atoms with van der Waals surface area (Å²) in [6, 6.07) is 15.1. The molecule has 1 saturated carbocycles. The third-order valence-electron chi connectivity index (χ3n) is 5.18. The highest BCUT2D eigenvalue weighted by molar-refractivity contribution is 5.96. The van der Waals surface area contributed by atoms with Gasteiger partial charge >= 0.3 is 0 Å². The van der Waals surface area contributed by atoms with E-state index in [1.807, 2.05) is 30.0 Å². The number of phenolic OH excluding ortho intramolecular Hbond substituents is 1. The number of rotatable bonds is 3. The number of aryl methyl sites for hydroxylation is 1. The van der Waals surface area contributed by atoms with E-state index in [1.165, 1.54) is 12.8 Å². The van der Waals surface area contributed by atoms with Gasteiger partial charge < -0.3 is 14.7 Å². The van der Waals surface area contributed by atoms with Crippen molar-refractivity contribution in [1.82, 2.24) is 4.90 Å². The van der Waals surface area contributed by atoms with Gasteiger partial charge in [0.05, 0.1) is 12.6 Å². The van der Waals surface area contributed by atoms with Crippen molar-refractivity contribution in [2.75, 3.05) is 13.1 Å². The number of aromatic hydroxyl groups is 1. The number of ether oxygens (including phenoxy) is 1. The molecular weight excluding hydrogens is 314 g/mol. The fraction of sp³-hybridized carbons (Fsp3) is 0.381. The van der Waals surface area contributed by atoms with Gasteiger partial charge in [-0.3, -0.25) is 4.79 Å². The molecule has 1 N–H and O–H groups in total. The fourth-order valence-corrected chi connectivity index (χ4v) is 3.55. The molecule has 130 valence electrons. The molecule has 4 nitrogen and oxygen atoms in total. The molecule has 2 fully saturated rings. The van der Waals surface area contributed by atoms with Crippen molar-refractivity contribution >= 4 is 5.91 Å². The van der Waals surface area contributed by atoms with Gasteiger partial charge in [0.15, 0.2) is 0 Å². The van der Waals surface area contributed by atoms with E-state index in [9.17, 15) is 9.90 Å². The van der Waals surface area contributed by atoms with Crippen LogP contribution in [0.5, 0.6) is 5.75 Å². The molecule has 2 aromatic rings. The Kier molecular flexibility index (Phi) is 4.22. The summed E-state index contributed by atoms with van der Waals surface area (Å²) in [7, 11) is 0. The van der Waals surface area contributed by atoms with E-state index in [0.717, 1.165) is 11.1 Å². The van der Waals surface area contributed by atoms with E-state index in [4.69, 9.17) is 4.74 Å². The lowest BCUT2D eigenvalue weighted by molar-refractivity contribution is -0.0864. The molecular formula is C21H23NO3. The van der Waals surface area contributed by atoms with Crippen LogP contribution in [0.1, 0.15) is 40.4 Å². The Morgan fingerprint density at radius 3 is 2.60 bits per heavy atom. The lowest BCUT2D eigenvalue weighted by atomic mass is 10.0. The smallest absolute Gasteiger partial charge is 0.254 e. The third kappa shape index (κ3) is 3.40. The summed E-state index contributed by atoms with van der Waals surface area (Å²) in [6.07, 6.45) is 2.36. The molecule has 25 heavy (non-hydrogen) atoms. The van der Waals surface area contributed by atoms with Gasteiger partial charge in [-0.05, 0) is 48.9 Å². The Hall–Kier alpha value is -2.33. The van der Waals surface area contributed by atoms with Gasteiger partial charge in [0, 0.05) is 12.1 Å². The molecule has 0 aromatic heterocycles. The van der Waals surface area contributed by atoms with Crippen molar-refractivity contribution in [2.24, 2.45) is 5.92 Å². The molecule has 1 heterocycles. The maximum absolute atomic E-state index is 13.1. The maximum atomic E-state index is 13.1. The molecule has 1 aliphatic carbocycles. The van der Waals surface area contributed by atoms with Gasteiger partial charge in [0.2, 0.25) is 0 Å². The first kappa shape index (κ1) is 16.2. The number of amides is 1. The predicted octanol–water partition coefficient (Wildman–Crippen LogP) is 3.69. The monoisotopic (exact) mass is 337 g/mol. The number of carbonyl (C=O) groups excluding carboxylic acids is 1. The summed E-state index contributed by atoms with van der Waals surface area (Å²) in [6.45, 7) is 3.07. The number of hydrogen-bond donors (Lipinski definition) is 1. The minimum absolute atomic E-state index is 0.0247. The molecule has 1 amide bonds. The second kappa shape index (κ2) is 6.52. The van der Waals surface area contributed by atoms with E-state index >= 15 is 0 Å². The summed E-state index contributed by atoms with van der Waals surface area (Å²) in [5.74, 6) is 0.663. The highest BCUT2D eigenvalue weighted by Gasteiger charge is 2.40. The van der Waals surface area contributed by atoms with Crippen LogP contribution < -0.4 is 0 Å². The molecule has 0 bridgehead atoms. The minimum atomic E-state index is -0.0953. The second-order valence-electron chi connectivity index (χ2n) is 7.12. The lowest BCUT2D eigenvalue weighted by Crippen LogP contribution is -2.47. The molecule has 0 unspecified atom stereocenters. The highest BCUT2D eigenvalue weighted by Crippen LogP contribution is 2.39. The Bertz CT molecular complexity index is 770. The molecule has 2 atom stereocenters. The Balaban J connectivity index is 1.61. The molecule has 0 radical (unpaired) electrons. The van der Waals surface area contributed by atoms with Crippen molar-refractivity contribution < 1.29 is 14.6 Å². The molecule has 1 aliphatic heterocycles. The molecule has 4 rings (SSSR count). The summed E-state index contributed by atoms with van der Waals surface area (Å²) >= 11 is 0.